The fraction of sp³-hybridized carbons (Fsp3) is 0.0909. The lowest BCUT2D eigenvalue weighted by Gasteiger charge is -2.10. The molecule has 0 aliphatic carbocycles. The highest BCUT2D eigenvalue weighted by molar-refractivity contribution is 5.95. The number of hydrogen-bond donors (Lipinski definition) is 2. The summed E-state index contributed by atoms with van der Waals surface area (Å²) >= 11 is 0. The van der Waals surface area contributed by atoms with Crippen LogP contribution in [-0.2, 0) is 0 Å². The number of para-hydroxylation sites is 1. The molecule has 1 aromatic heterocycles. The topological polar surface area (TPSA) is 88.3 Å². The molecule has 0 unspecified atom stereocenters. The minimum atomic E-state index is -0.537. The summed E-state index contributed by atoms with van der Waals surface area (Å²) in [5.74, 6) is 0. The minimum Gasteiger partial charge on any atom is -0.367 e. The fourth-order valence-corrected chi connectivity index (χ4v) is 1.58. The van der Waals surface area contributed by atoms with Gasteiger partial charge in [-0.1, -0.05) is 18.2 Å². The number of fused-ring (bicyclic) bond motifs is 1. The molecule has 1 heterocycles. The first-order valence-corrected chi connectivity index (χ1v) is 4.91. The second kappa shape index (κ2) is 4.34. The molecule has 87 valence electrons. The summed E-state index contributed by atoms with van der Waals surface area (Å²) < 4.78 is 0. The van der Waals surface area contributed by atoms with Gasteiger partial charge in [-0.15, -0.1) is 0 Å². The second-order valence-corrected chi connectivity index (χ2v) is 3.50. The highest BCUT2D eigenvalue weighted by Crippen LogP contribution is 2.32. The van der Waals surface area contributed by atoms with Crippen LogP contribution in [0, 0.1) is 16.3 Å². The van der Waals surface area contributed by atoms with Crippen LogP contribution in [0.4, 0.5) is 11.4 Å². The molecule has 2 rings (SSSR count). The van der Waals surface area contributed by atoms with Crippen LogP contribution in [0.15, 0.2) is 30.5 Å². The number of nitro groups is 1. The van der Waals surface area contributed by atoms with Gasteiger partial charge in [0.05, 0.1) is 10.4 Å². The van der Waals surface area contributed by atoms with E-state index in [1.807, 2.05) is 0 Å². The Labute approximate surface area is 97.1 Å². The molecule has 6 heteroatoms. The van der Waals surface area contributed by atoms with Crippen LogP contribution < -0.4 is 5.32 Å². The average Bonchev–Trinajstić information content (AvgIpc) is 2.28. The molecule has 0 atom stereocenters. The largest absolute Gasteiger partial charge is 0.367 e. The Morgan fingerprint density at radius 3 is 2.82 bits per heavy atom. The Hall–Kier alpha value is -2.21. The van der Waals surface area contributed by atoms with Gasteiger partial charge in [-0.25, -0.2) is 4.98 Å². The molecule has 2 aromatic rings. The molecule has 0 spiro atoms. The lowest BCUT2D eigenvalue weighted by molar-refractivity contribution is -0.384. The van der Waals surface area contributed by atoms with Crippen LogP contribution in [0.1, 0.15) is 6.92 Å². The molecule has 0 saturated heterocycles. The normalized spacial score (nSPS) is 10.8. The molecule has 2 N–H and O–H groups in total. The van der Waals surface area contributed by atoms with Crippen molar-refractivity contribution in [1.82, 2.24) is 4.98 Å². The van der Waals surface area contributed by atoms with Crippen molar-refractivity contribution in [3.8, 4) is 0 Å². The molecular formula is C11H10N3O3. The first-order chi connectivity index (χ1) is 8.09. The van der Waals surface area contributed by atoms with E-state index >= 15 is 0 Å². The van der Waals surface area contributed by atoms with Crippen molar-refractivity contribution in [1.29, 1.82) is 0 Å². The molecular weight excluding hydrogens is 222 g/mol. The summed E-state index contributed by atoms with van der Waals surface area (Å²) in [4.78, 5) is 14.3. The molecule has 0 aliphatic heterocycles. The van der Waals surface area contributed by atoms with E-state index in [4.69, 9.17) is 0 Å². The first kappa shape index (κ1) is 11.3. The van der Waals surface area contributed by atoms with Crippen LogP contribution in [0.3, 0.4) is 0 Å². The maximum Gasteiger partial charge on any atom is 0.311 e. The van der Waals surface area contributed by atoms with E-state index in [0.717, 1.165) is 0 Å². The maximum atomic E-state index is 10.9. The molecule has 0 amide bonds. The quantitative estimate of drug-likeness (QED) is 0.626. The van der Waals surface area contributed by atoms with Crippen molar-refractivity contribution in [2.24, 2.45) is 0 Å². The van der Waals surface area contributed by atoms with Gasteiger partial charge in [0.1, 0.15) is 11.9 Å². The predicted octanol–water partition coefficient (Wildman–Crippen LogP) is 2.44. The molecule has 0 saturated carbocycles. The van der Waals surface area contributed by atoms with Gasteiger partial charge < -0.3 is 10.4 Å². The third-order valence-electron chi connectivity index (χ3n) is 2.26. The van der Waals surface area contributed by atoms with Gasteiger partial charge in [-0.05, 0) is 13.0 Å². The first-order valence-electron chi connectivity index (χ1n) is 4.91. The number of hydrogen-bond acceptors (Lipinski definition) is 5. The van der Waals surface area contributed by atoms with Gasteiger partial charge in [0.2, 0.25) is 0 Å². The molecule has 1 radical (unpaired) electrons. The van der Waals surface area contributed by atoms with Crippen molar-refractivity contribution in [3.05, 3.63) is 46.8 Å². The molecule has 17 heavy (non-hydrogen) atoms. The molecule has 6 nitrogen and oxygen atoms in total. The maximum absolute atomic E-state index is 10.9. The van der Waals surface area contributed by atoms with Crippen molar-refractivity contribution in [3.63, 3.8) is 0 Å². The van der Waals surface area contributed by atoms with E-state index in [-0.39, 0.29) is 17.6 Å². The number of aliphatic hydroxyl groups is 1. The number of benzene rings is 1. The lowest BCUT2D eigenvalue weighted by atomic mass is 10.1. The zero-order valence-electron chi connectivity index (χ0n) is 9.04. The number of nitrogens with one attached hydrogen (secondary N) is 1. The lowest BCUT2D eigenvalue weighted by Crippen LogP contribution is -2.07. The van der Waals surface area contributed by atoms with E-state index < -0.39 is 4.92 Å². The van der Waals surface area contributed by atoms with E-state index in [9.17, 15) is 15.2 Å². The molecule has 0 bridgehead atoms. The standard InChI is InChI=1S/C11H10N3O3/c1-7(15)13-11-8-4-2-3-5-9(8)12-6-10(11)14(16)17/h2-6,15H,1H3,(H,12,13). The Balaban J connectivity index is 2.70. The van der Waals surface area contributed by atoms with Crippen molar-refractivity contribution >= 4 is 22.3 Å². The van der Waals surface area contributed by atoms with Crippen LogP contribution >= 0.6 is 0 Å². The zero-order valence-corrected chi connectivity index (χ0v) is 9.04. The van der Waals surface area contributed by atoms with Gasteiger partial charge in [0.15, 0.2) is 6.23 Å². The Kier molecular flexibility index (Phi) is 2.88. The minimum absolute atomic E-state index is 0.107. The average molecular weight is 232 g/mol. The molecule has 1 aromatic carbocycles. The summed E-state index contributed by atoms with van der Waals surface area (Å²) in [6.45, 7) is 1.42. The van der Waals surface area contributed by atoms with Crippen LogP contribution in [0.5, 0.6) is 0 Å². The van der Waals surface area contributed by atoms with Gasteiger partial charge in [-0.2, -0.15) is 0 Å². The summed E-state index contributed by atoms with van der Waals surface area (Å²) in [5.41, 5.74) is 0.708. The number of rotatable bonds is 3. The van der Waals surface area contributed by atoms with E-state index in [2.05, 4.69) is 10.3 Å². The monoisotopic (exact) mass is 232 g/mol. The Morgan fingerprint density at radius 2 is 2.18 bits per heavy atom. The highest BCUT2D eigenvalue weighted by atomic mass is 16.6. The van der Waals surface area contributed by atoms with E-state index in [0.29, 0.717) is 10.9 Å². The Morgan fingerprint density at radius 1 is 1.47 bits per heavy atom. The molecule has 0 fully saturated rings. The summed E-state index contributed by atoms with van der Waals surface area (Å²) in [5, 5.41) is 23.3. The number of aliphatic hydroxyl groups excluding tert-OH is 1. The summed E-state index contributed by atoms with van der Waals surface area (Å²) in [6, 6.07) is 7.00. The second-order valence-electron chi connectivity index (χ2n) is 3.50. The van der Waals surface area contributed by atoms with Crippen LogP contribution in [0.25, 0.3) is 10.9 Å². The van der Waals surface area contributed by atoms with Gasteiger partial charge in [-0.3, -0.25) is 10.1 Å². The van der Waals surface area contributed by atoms with Crippen molar-refractivity contribution in [2.75, 3.05) is 5.32 Å². The zero-order chi connectivity index (χ0) is 12.4. The number of nitrogens with zero attached hydrogens (tertiary/aromatic N) is 2. The van der Waals surface area contributed by atoms with Crippen molar-refractivity contribution in [2.45, 2.75) is 6.92 Å². The van der Waals surface area contributed by atoms with Gasteiger partial charge in [0, 0.05) is 5.39 Å². The smallest absolute Gasteiger partial charge is 0.311 e. The van der Waals surface area contributed by atoms with E-state index in [1.165, 1.54) is 13.1 Å². The number of aromatic nitrogens is 1. The SMILES string of the molecule is C[C](O)Nc1c([N+](=O)[O-])cnc2ccccc12. The summed E-state index contributed by atoms with van der Waals surface area (Å²) in [6.07, 6.45) is 1.07. The van der Waals surface area contributed by atoms with E-state index in [1.54, 1.807) is 24.3 Å². The van der Waals surface area contributed by atoms with Gasteiger partial charge in [0.25, 0.3) is 0 Å². The van der Waals surface area contributed by atoms with Crippen LogP contribution in [0.2, 0.25) is 0 Å². The third-order valence-corrected chi connectivity index (χ3v) is 2.26. The number of pyridine rings is 1. The number of anilines is 1. The van der Waals surface area contributed by atoms with Gasteiger partial charge >= 0.3 is 5.69 Å². The Bertz CT molecular complexity index is 569. The third kappa shape index (κ3) is 2.16. The highest BCUT2D eigenvalue weighted by Gasteiger charge is 2.18. The van der Waals surface area contributed by atoms with Crippen molar-refractivity contribution < 1.29 is 10.0 Å². The molecule has 0 aliphatic rings. The van der Waals surface area contributed by atoms with Crippen LogP contribution in [-0.4, -0.2) is 15.0 Å². The summed E-state index contributed by atoms with van der Waals surface area (Å²) in [7, 11) is 0. The fourth-order valence-electron chi connectivity index (χ4n) is 1.58. The predicted molar refractivity (Wildman–Crippen MR) is 62.9 cm³/mol.